The molecule has 0 spiro atoms. The lowest BCUT2D eigenvalue weighted by molar-refractivity contribution is -0.384. The topological polar surface area (TPSA) is 84.4 Å². The Bertz CT molecular complexity index is 758. The maximum atomic E-state index is 13.0. The minimum atomic E-state index is -4.61. The number of halogens is 3. The van der Waals surface area contributed by atoms with Crippen LogP contribution in [0.5, 0.6) is 0 Å². The highest BCUT2D eigenvalue weighted by atomic mass is 19.4. The first-order valence-corrected chi connectivity index (χ1v) is 6.82. The summed E-state index contributed by atoms with van der Waals surface area (Å²) in [4.78, 5) is 11.8. The van der Waals surface area contributed by atoms with Crippen molar-refractivity contribution >= 4 is 11.4 Å². The number of benzene rings is 1. The molecule has 0 saturated carbocycles. The third-order valence-corrected chi connectivity index (χ3v) is 3.41. The van der Waals surface area contributed by atoms with Crippen molar-refractivity contribution in [3.63, 3.8) is 0 Å². The number of alkyl halides is 3. The van der Waals surface area contributed by atoms with Gasteiger partial charge in [0.1, 0.15) is 5.69 Å². The standard InChI is InChI=1S/C14H15F3N4O3/c1-19(6-10-7-20(2)18-13(10)14(15,16)17)12-5-9(8-22)3-4-11(12)21(23)24/h3-5,7,22H,6,8H2,1-2H3. The largest absolute Gasteiger partial charge is 0.435 e. The minimum absolute atomic E-state index is 0.101. The second kappa shape index (κ2) is 6.48. The zero-order valence-electron chi connectivity index (χ0n) is 12.9. The van der Waals surface area contributed by atoms with Crippen molar-refractivity contribution in [1.29, 1.82) is 0 Å². The van der Waals surface area contributed by atoms with Crippen molar-refractivity contribution in [2.24, 2.45) is 7.05 Å². The maximum Gasteiger partial charge on any atom is 0.435 e. The predicted molar refractivity (Wildman–Crippen MR) is 79.3 cm³/mol. The van der Waals surface area contributed by atoms with Gasteiger partial charge in [0.05, 0.1) is 11.5 Å². The Kier molecular flexibility index (Phi) is 4.78. The second-order valence-corrected chi connectivity index (χ2v) is 5.27. The van der Waals surface area contributed by atoms with Crippen LogP contribution in [0.3, 0.4) is 0 Å². The maximum absolute atomic E-state index is 13.0. The Hall–Kier alpha value is -2.62. The van der Waals surface area contributed by atoms with Gasteiger partial charge < -0.3 is 10.0 Å². The molecular weight excluding hydrogens is 329 g/mol. The minimum Gasteiger partial charge on any atom is -0.392 e. The molecule has 2 rings (SSSR count). The van der Waals surface area contributed by atoms with E-state index in [-0.39, 0.29) is 30.1 Å². The fourth-order valence-electron chi connectivity index (χ4n) is 2.36. The molecule has 1 aromatic heterocycles. The number of aromatic nitrogens is 2. The molecule has 0 saturated heterocycles. The molecular formula is C14H15F3N4O3. The molecule has 7 nitrogen and oxygen atoms in total. The highest BCUT2D eigenvalue weighted by Crippen LogP contribution is 2.33. The van der Waals surface area contributed by atoms with Crippen LogP contribution in [0.15, 0.2) is 24.4 Å². The Morgan fingerprint density at radius 1 is 1.42 bits per heavy atom. The van der Waals surface area contributed by atoms with Crippen LogP contribution in [0, 0.1) is 10.1 Å². The summed E-state index contributed by atoms with van der Waals surface area (Å²) in [5.74, 6) is 0. The van der Waals surface area contributed by atoms with Gasteiger partial charge in [0.15, 0.2) is 5.69 Å². The van der Waals surface area contributed by atoms with Crippen molar-refractivity contribution in [3.05, 3.63) is 51.3 Å². The van der Waals surface area contributed by atoms with E-state index in [4.69, 9.17) is 5.11 Å². The highest BCUT2D eigenvalue weighted by molar-refractivity contribution is 5.64. The van der Waals surface area contributed by atoms with Crippen LogP contribution < -0.4 is 4.90 Å². The normalized spacial score (nSPS) is 11.6. The Balaban J connectivity index is 2.40. The summed E-state index contributed by atoms with van der Waals surface area (Å²) in [5, 5.41) is 23.7. The molecule has 1 N–H and O–H groups in total. The third kappa shape index (κ3) is 3.65. The molecule has 1 heterocycles. The Morgan fingerprint density at radius 3 is 2.62 bits per heavy atom. The molecule has 10 heteroatoms. The predicted octanol–water partition coefficient (Wildman–Crippen LogP) is 2.48. The number of hydrogen-bond acceptors (Lipinski definition) is 5. The van der Waals surface area contributed by atoms with Crippen LogP contribution in [0.4, 0.5) is 24.5 Å². The summed E-state index contributed by atoms with van der Waals surface area (Å²) in [6.07, 6.45) is -3.39. The van der Waals surface area contributed by atoms with E-state index in [1.807, 2.05) is 0 Å². The zero-order chi connectivity index (χ0) is 18.1. The average molecular weight is 344 g/mol. The molecule has 0 fully saturated rings. The summed E-state index contributed by atoms with van der Waals surface area (Å²) in [6, 6.07) is 3.98. The molecule has 130 valence electrons. The van der Waals surface area contributed by atoms with Gasteiger partial charge in [0.2, 0.25) is 0 Å². The molecule has 24 heavy (non-hydrogen) atoms. The number of nitro groups is 1. The Labute approximate surface area is 135 Å². The molecule has 1 aromatic carbocycles. The molecule has 0 aliphatic heterocycles. The lowest BCUT2D eigenvalue weighted by Gasteiger charge is -2.20. The van der Waals surface area contributed by atoms with Crippen LogP contribution in [0.25, 0.3) is 0 Å². The van der Waals surface area contributed by atoms with Gasteiger partial charge in [-0.05, 0) is 17.7 Å². The van der Waals surface area contributed by atoms with E-state index in [2.05, 4.69) is 5.10 Å². The van der Waals surface area contributed by atoms with Gasteiger partial charge in [0, 0.05) is 38.5 Å². The van der Waals surface area contributed by atoms with Gasteiger partial charge in [-0.1, -0.05) is 0 Å². The average Bonchev–Trinajstić information content (AvgIpc) is 2.87. The van der Waals surface area contributed by atoms with Crippen molar-refractivity contribution < 1.29 is 23.2 Å². The quantitative estimate of drug-likeness (QED) is 0.665. The van der Waals surface area contributed by atoms with Gasteiger partial charge >= 0.3 is 6.18 Å². The van der Waals surface area contributed by atoms with Crippen LogP contribution in [0.1, 0.15) is 16.8 Å². The monoisotopic (exact) mass is 344 g/mol. The molecule has 0 unspecified atom stereocenters. The van der Waals surface area contributed by atoms with Gasteiger partial charge in [-0.3, -0.25) is 14.8 Å². The first kappa shape index (κ1) is 17.7. The van der Waals surface area contributed by atoms with E-state index in [1.54, 1.807) is 0 Å². The Morgan fingerprint density at radius 2 is 2.08 bits per heavy atom. The highest BCUT2D eigenvalue weighted by Gasteiger charge is 2.37. The van der Waals surface area contributed by atoms with Crippen molar-refractivity contribution in [3.8, 4) is 0 Å². The fourth-order valence-corrected chi connectivity index (χ4v) is 2.36. The van der Waals surface area contributed by atoms with Crippen molar-refractivity contribution in [2.75, 3.05) is 11.9 Å². The first-order valence-electron chi connectivity index (χ1n) is 6.82. The van der Waals surface area contributed by atoms with Crippen LogP contribution >= 0.6 is 0 Å². The first-order chi connectivity index (χ1) is 11.1. The summed E-state index contributed by atoms with van der Waals surface area (Å²) in [6.45, 7) is -0.558. The summed E-state index contributed by atoms with van der Waals surface area (Å²) in [7, 11) is 2.81. The molecule has 0 atom stereocenters. The molecule has 0 radical (unpaired) electrons. The van der Waals surface area contributed by atoms with Gasteiger partial charge in [-0.25, -0.2) is 0 Å². The lowest BCUT2D eigenvalue weighted by Crippen LogP contribution is -2.20. The molecule has 2 aromatic rings. The summed E-state index contributed by atoms with van der Waals surface area (Å²) in [5.41, 5.74) is -0.852. The van der Waals surface area contributed by atoms with Crippen LogP contribution in [-0.2, 0) is 26.4 Å². The van der Waals surface area contributed by atoms with E-state index >= 15 is 0 Å². The van der Waals surface area contributed by atoms with E-state index in [1.165, 1.54) is 43.4 Å². The van der Waals surface area contributed by atoms with Crippen LogP contribution in [-0.4, -0.2) is 26.9 Å². The second-order valence-electron chi connectivity index (χ2n) is 5.27. The number of rotatable bonds is 5. The van der Waals surface area contributed by atoms with E-state index < -0.39 is 16.8 Å². The van der Waals surface area contributed by atoms with Gasteiger partial charge in [0.25, 0.3) is 5.69 Å². The summed E-state index contributed by atoms with van der Waals surface area (Å²) < 4.78 is 40.1. The number of nitrogens with zero attached hydrogens (tertiary/aromatic N) is 4. The van der Waals surface area contributed by atoms with E-state index in [9.17, 15) is 23.3 Å². The van der Waals surface area contributed by atoms with E-state index in [0.29, 0.717) is 5.56 Å². The lowest BCUT2D eigenvalue weighted by atomic mass is 10.1. The number of aliphatic hydroxyl groups excluding tert-OH is 1. The number of aliphatic hydroxyl groups is 1. The van der Waals surface area contributed by atoms with Gasteiger partial charge in [-0.2, -0.15) is 18.3 Å². The molecule has 0 aliphatic carbocycles. The van der Waals surface area contributed by atoms with Gasteiger partial charge in [-0.15, -0.1) is 0 Å². The zero-order valence-corrected chi connectivity index (χ0v) is 12.9. The molecule has 0 bridgehead atoms. The SMILES string of the molecule is CN(Cc1cn(C)nc1C(F)(F)F)c1cc(CO)ccc1[N+](=O)[O-]. The van der Waals surface area contributed by atoms with E-state index in [0.717, 1.165) is 4.68 Å². The smallest absolute Gasteiger partial charge is 0.392 e. The van der Waals surface area contributed by atoms with Crippen LogP contribution in [0.2, 0.25) is 0 Å². The number of aryl methyl sites for hydroxylation is 1. The summed E-state index contributed by atoms with van der Waals surface area (Å²) >= 11 is 0. The number of nitro benzene ring substituents is 1. The molecule has 0 aliphatic rings. The number of anilines is 1. The fraction of sp³-hybridized carbons (Fsp3) is 0.357. The molecule has 0 amide bonds. The number of hydrogen-bond donors (Lipinski definition) is 1. The van der Waals surface area contributed by atoms with Crippen molar-refractivity contribution in [2.45, 2.75) is 19.3 Å². The van der Waals surface area contributed by atoms with Crippen molar-refractivity contribution in [1.82, 2.24) is 9.78 Å². The third-order valence-electron chi connectivity index (χ3n) is 3.41.